The molecule has 6 heteroatoms. The van der Waals surface area contributed by atoms with Crippen molar-refractivity contribution < 1.29 is 4.39 Å². The van der Waals surface area contributed by atoms with Crippen molar-refractivity contribution >= 4 is 39.9 Å². The second kappa shape index (κ2) is 4.60. The second-order valence-corrected chi connectivity index (χ2v) is 4.25. The van der Waals surface area contributed by atoms with E-state index in [-0.39, 0.29) is 5.82 Å². The first-order valence-electron chi connectivity index (χ1n) is 4.46. The highest BCUT2D eigenvalue weighted by atomic mass is 127. The van der Waals surface area contributed by atoms with Gasteiger partial charge in [-0.3, -0.25) is 0 Å². The van der Waals surface area contributed by atoms with Crippen molar-refractivity contribution in [1.82, 2.24) is 10.2 Å². The molecule has 3 N–H and O–H groups in total. The van der Waals surface area contributed by atoms with Crippen molar-refractivity contribution in [1.29, 1.82) is 0 Å². The van der Waals surface area contributed by atoms with Crippen LogP contribution in [0.15, 0.2) is 30.3 Å². The van der Waals surface area contributed by atoms with Gasteiger partial charge in [-0.05, 0) is 52.9 Å². The van der Waals surface area contributed by atoms with Crippen LogP contribution in [0.25, 0.3) is 0 Å². The van der Waals surface area contributed by atoms with Crippen LogP contribution < -0.4 is 11.1 Å². The van der Waals surface area contributed by atoms with Gasteiger partial charge in [-0.1, -0.05) is 0 Å². The second-order valence-electron chi connectivity index (χ2n) is 3.09. The molecule has 1 aromatic heterocycles. The van der Waals surface area contributed by atoms with E-state index in [0.717, 1.165) is 9.26 Å². The van der Waals surface area contributed by atoms with Gasteiger partial charge in [-0.2, -0.15) is 0 Å². The van der Waals surface area contributed by atoms with Crippen LogP contribution in [0.5, 0.6) is 0 Å². The predicted molar refractivity (Wildman–Crippen MR) is 68.8 cm³/mol. The Morgan fingerprint density at radius 1 is 1.19 bits per heavy atom. The minimum absolute atomic E-state index is 0.265. The molecule has 0 saturated carbocycles. The zero-order valence-electron chi connectivity index (χ0n) is 8.11. The fourth-order valence-electron chi connectivity index (χ4n) is 1.14. The summed E-state index contributed by atoms with van der Waals surface area (Å²) in [5.74, 6) is 0.663. The molecule has 0 radical (unpaired) electrons. The lowest BCUT2D eigenvalue weighted by atomic mass is 10.3. The lowest BCUT2D eigenvalue weighted by molar-refractivity contribution is 0.627. The molecule has 0 spiro atoms. The quantitative estimate of drug-likeness (QED) is 0.831. The highest BCUT2D eigenvalue weighted by Crippen LogP contribution is 2.22. The van der Waals surface area contributed by atoms with Crippen LogP contribution in [-0.2, 0) is 0 Å². The summed E-state index contributed by atoms with van der Waals surface area (Å²) in [6.45, 7) is 0. The van der Waals surface area contributed by atoms with Crippen molar-refractivity contribution in [2.24, 2.45) is 0 Å². The Kier molecular flexibility index (Phi) is 3.18. The monoisotopic (exact) mass is 330 g/mol. The standard InChI is InChI=1S/C10H8FIN4/c11-6-1-2-8(7(12)5-6)14-10-4-3-9(13)15-16-10/h1-5H,(H2,13,15)(H,14,16). The van der Waals surface area contributed by atoms with Gasteiger partial charge in [0.1, 0.15) is 11.6 Å². The molecule has 0 fully saturated rings. The van der Waals surface area contributed by atoms with Crippen LogP contribution in [0.3, 0.4) is 0 Å². The first kappa shape index (κ1) is 11.1. The van der Waals surface area contributed by atoms with E-state index in [1.54, 1.807) is 18.2 Å². The van der Waals surface area contributed by atoms with E-state index in [2.05, 4.69) is 15.5 Å². The number of anilines is 3. The average molecular weight is 330 g/mol. The average Bonchev–Trinajstić information content (AvgIpc) is 2.25. The number of nitrogens with zero attached hydrogens (tertiary/aromatic N) is 2. The minimum Gasteiger partial charge on any atom is -0.382 e. The summed E-state index contributed by atoms with van der Waals surface area (Å²) in [4.78, 5) is 0. The van der Waals surface area contributed by atoms with Gasteiger partial charge < -0.3 is 11.1 Å². The van der Waals surface area contributed by atoms with E-state index in [1.165, 1.54) is 12.1 Å². The van der Waals surface area contributed by atoms with E-state index in [4.69, 9.17) is 5.73 Å². The fourth-order valence-corrected chi connectivity index (χ4v) is 1.75. The van der Waals surface area contributed by atoms with Gasteiger partial charge in [0.25, 0.3) is 0 Å². The number of hydrogen-bond acceptors (Lipinski definition) is 4. The summed E-state index contributed by atoms with van der Waals surface area (Å²) < 4.78 is 13.6. The third kappa shape index (κ3) is 2.57. The molecule has 0 aliphatic heterocycles. The van der Waals surface area contributed by atoms with E-state index in [0.29, 0.717) is 11.6 Å². The van der Waals surface area contributed by atoms with Crippen LogP contribution in [0, 0.1) is 9.39 Å². The molecule has 1 aromatic carbocycles. The molecule has 0 saturated heterocycles. The topological polar surface area (TPSA) is 63.8 Å². The van der Waals surface area contributed by atoms with Crippen LogP contribution >= 0.6 is 22.6 Å². The largest absolute Gasteiger partial charge is 0.382 e. The van der Waals surface area contributed by atoms with E-state index >= 15 is 0 Å². The van der Waals surface area contributed by atoms with Gasteiger partial charge in [0.2, 0.25) is 0 Å². The van der Waals surface area contributed by atoms with Crippen LogP contribution in [0.2, 0.25) is 0 Å². The molecule has 0 bridgehead atoms. The highest BCUT2D eigenvalue weighted by molar-refractivity contribution is 14.1. The summed E-state index contributed by atoms with van der Waals surface area (Å²) in [5, 5.41) is 10.6. The van der Waals surface area contributed by atoms with E-state index in [9.17, 15) is 4.39 Å². The molecule has 0 aliphatic carbocycles. The van der Waals surface area contributed by atoms with E-state index < -0.39 is 0 Å². The van der Waals surface area contributed by atoms with E-state index in [1.807, 2.05) is 22.6 Å². The number of halogens is 2. The van der Waals surface area contributed by atoms with Crippen molar-refractivity contribution in [3.05, 3.63) is 39.7 Å². The van der Waals surface area contributed by atoms with Crippen LogP contribution in [-0.4, -0.2) is 10.2 Å². The van der Waals surface area contributed by atoms with Gasteiger partial charge >= 0.3 is 0 Å². The van der Waals surface area contributed by atoms with Crippen molar-refractivity contribution in [2.75, 3.05) is 11.1 Å². The summed E-state index contributed by atoms with van der Waals surface area (Å²) in [5.41, 5.74) is 6.20. The molecule has 2 rings (SSSR count). The smallest absolute Gasteiger partial charge is 0.153 e. The molecule has 82 valence electrons. The highest BCUT2D eigenvalue weighted by Gasteiger charge is 2.02. The maximum atomic E-state index is 12.9. The Hall–Kier alpha value is -1.44. The number of rotatable bonds is 2. The molecule has 4 nitrogen and oxygen atoms in total. The molecular weight excluding hydrogens is 322 g/mol. The van der Waals surface area contributed by atoms with Gasteiger partial charge in [0, 0.05) is 3.57 Å². The molecule has 16 heavy (non-hydrogen) atoms. The van der Waals surface area contributed by atoms with Crippen molar-refractivity contribution in [3.8, 4) is 0 Å². The van der Waals surface area contributed by atoms with Crippen LogP contribution in [0.4, 0.5) is 21.7 Å². The summed E-state index contributed by atoms with van der Waals surface area (Å²) in [6.07, 6.45) is 0. The van der Waals surface area contributed by atoms with Gasteiger partial charge in [0.15, 0.2) is 5.82 Å². The lowest BCUT2D eigenvalue weighted by Crippen LogP contribution is -1.99. The normalized spacial score (nSPS) is 10.1. The lowest BCUT2D eigenvalue weighted by Gasteiger charge is -2.06. The summed E-state index contributed by atoms with van der Waals surface area (Å²) in [6, 6.07) is 7.82. The molecule has 0 unspecified atom stereocenters. The first-order chi connectivity index (χ1) is 7.65. The number of aromatic nitrogens is 2. The van der Waals surface area contributed by atoms with Gasteiger partial charge in [0.05, 0.1) is 5.69 Å². The molecule has 0 amide bonds. The fraction of sp³-hybridized carbons (Fsp3) is 0. The number of benzene rings is 1. The Morgan fingerprint density at radius 3 is 2.62 bits per heavy atom. The SMILES string of the molecule is Nc1ccc(Nc2ccc(F)cc2I)nn1. The maximum absolute atomic E-state index is 12.9. The maximum Gasteiger partial charge on any atom is 0.153 e. The van der Waals surface area contributed by atoms with Crippen LogP contribution in [0.1, 0.15) is 0 Å². The number of hydrogen-bond donors (Lipinski definition) is 2. The van der Waals surface area contributed by atoms with Gasteiger partial charge in [-0.15, -0.1) is 10.2 Å². The zero-order chi connectivity index (χ0) is 11.5. The summed E-state index contributed by atoms with van der Waals surface area (Å²) in [7, 11) is 0. The third-order valence-corrected chi connectivity index (χ3v) is 2.77. The minimum atomic E-state index is -0.265. The molecule has 2 aromatic rings. The Labute approximate surface area is 105 Å². The van der Waals surface area contributed by atoms with Gasteiger partial charge in [-0.25, -0.2) is 4.39 Å². The zero-order valence-corrected chi connectivity index (χ0v) is 10.3. The van der Waals surface area contributed by atoms with Crippen molar-refractivity contribution in [2.45, 2.75) is 0 Å². The first-order valence-corrected chi connectivity index (χ1v) is 5.54. The number of nitrogens with one attached hydrogen (secondary N) is 1. The van der Waals surface area contributed by atoms with Crippen molar-refractivity contribution in [3.63, 3.8) is 0 Å². The molecular formula is C10H8FIN4. The molecule has 0 atom stereocenters. The molecule has 0 aliphatic rings. The predicted octanol–water partition coefficient (Wildman–Crippen LogP) is 2.55. The number of nitrogen functional groups attached to an aromatic ring is 1. The Balaban J connectivity index is 2.23. The molecule has 1 heterocycles. The Morgan fingerprint density at radius 2 is 2.00 bits per heavy atom. The summed E-state index contributed by atoms with van der Waals surface area (Å²) >= 11 is 2.04. The third-order valence-electron chi connectivity index (χ3n) is 1.88. The Bertz CT molecular complexity index is 501. The number of nitrogens with two attached hydrogens (primary N) is 1.